The second kappa shape index (κ2) is 9.83. The first-order valence-corrected chi connectivity index (χ1v) is 13.1. The van der Waals surface area contributed by atoms with Gasteiger partial charge in [-0.25, -0.2) is 9.55 Å². The Morgan fingerprint density at radius 1 is 1.43 bits per heavy atom. The normalized spacial score (nSPS) is 19.8. The first-order valence-electron chi connectivity index (χ1n) is 10.3. The molecule has 0 aromatic carbocycles. The van der Waals surface area contributed by atoms with Crippen LogP contribution in [-0.2, 0) is 26.3 Å². The molecule has 2 aromatic rings. The van der Waals surface area contributed by atoms with Gasteiger partial charge in [0, 0.05) is 22.1 Å². The Morgan fingerprint density at radius 2 is 2.17 bits per heavy atom. The number of thioether (sulfide) groups is 1. The van der Waals surface area contributed by atoms with Gasteiger partial charge in [-0.05, 0) is 6.92 Å². The lowest BCUT2D eigenvalue weighted by atomic mass is 10.0. The molecule has 1 saturated heterocycles. The summed E-state index contributed by atoms with van der Waals surface area (Å²) in [5.41, 5.74) is 7.22. The third-order valence-electron chi connectivity index (χ3n) is 5.59. The van der Waals surface area contributed by atoms with Gasteiger partial charge in [-0.15, -0.1) is 23.1 Å². The fourth-order valence-corrected chi connectivity index (χ4v) is 6.71. The van der Waals surface area contributed by atoms with Crippen molar-refractivity contribution in [2.24, 2.45) is 12.2 Å². The summed E-state index contributed by atoms with van der Waals surface area (Å²) in [6.07, 6.45) is 0. The minimum absolute atomic E-state index is 0.135. The maximum absolute atomic E-state index is 13.0. The Labute approximate surface area is 213 Å². The van der Waals surface area contributed by atoms with Crippen molar-refractivity contribution >= 4 is 68.2 Å². The zero-order valence-corrected chi connectivity index (χ0v) is 21.8. The molecule has 0 saturated carbocycles. The standard InChI is InChI=1S/C20H23N7O5S3/c1-9-6-35-20(26(9)3)25(2)5-10-7-33-17-13(16(29)27(17)14(10)18(30)31)23-15(28)12(24-32-4)11-8-34-19(21)22-11/h6,8,13,17H,5,7H2,1-4H3,(H3-,21,22,23,28,30,31)/b24-12+/t13?,17-/m1/s1. The molecule has 1 unspecified atom stereocenters. The lowest BCUT2D eigenvalue weighted by molar-refractivity contribution is -0.660. The van der Waals surface area contributed by atoms with Crippen LogP contribution in [-0.4, -0.2) is 71.3 Å². The number of carboxylic acid groups (broad SMARTS) is 1. The first kappa shape index (κ1) is 24.9. The van der Waals surface area contributed by atoms with E-state index in [-0.39, 0.29) is 22.2 Å². The molecule has 186 valence electrons. The van der Waals surface area contributed by atoms with E-state index < -0.39 is 29.2 Å². The van der Waals surface area contributed by atoms with Gasteiger partial charge in [0.05, 0.1) is 25.8 Å². The molecule has 15 heteroatoms. The van der Waals surface area contributed by atoms with Gasteiger partial charge in [0.2, 0.25) is 0 Å². The summed E-state index contributed by atoms with van der Waals surface area (Å²) in [6.45, 7) is 2.30. The number of rotatable bonds is 8. The summed E-state index contributed by atoms with van der Waals surface area (Å²) in [5.74, 6) is -2.28. The lowest BCUT2D eigenvalue weighted by Gasteiger charge is -2.50. The van der Waals surface area contributed by atoms with Crippen molar-refractivity contribution in [3.63, 3.8) is 0 Å². The number of nitrogens with two attached hydrogens (primary N) is 1. The van der Waals surface area contributed by atoms with Crippen LogP contribution in [0.3, 0.4) is 0 Å². The van der Waals surface area contributed by atoms with Gasteiger partial charge in [-0.3, -0.25) is 19.4 Å². The molecule has 0 radical (unpaired) electrons. The highest BCUT2D eigenvalue weighted by atomic mass is 32.2. The Bertz CT molecular complexity index is 1250. The number of carboxylic acids is 1. The minimum atomic E-state index is -1.43. The van der Waals surface area contributed by atoms with Crippen LogP contribution >= 0.6 is 34.4 Å². The van der Waals surface area contributed by atoms with Crippen LogP contribution in [0.1, 0.15) is 11.4 Å². The van der Waals surface area contributed by atoms with Crippen molar-refractivity contribution in [3.05, 3.63) is 33.4 Å². The number of thiazole rings is 2. The molecule has 0 bridgehead atoms. The second-order valence-electron chi connectivity index (χ2n) is 7.87. The molecule has 0 spiro atoms. The molecule has 2 atom stereocenters. The number of nitrogens with one attached hydrogen (secondary N) is 1. The SMILES string of the molecule is CO/N=C(/C(=O)NC1C(=O)N2C(C(=O)[O-])=C(CN(C)c3scc(C)[n+]3C)CS[C@H]12)c1csc(N)n1. The molecular weight excluding hydrogens is 514 g/mol. The second-order valence-corrected chi connectivity index (χ2v) is 10.7. The van der Waals surface area contributed by atoms with Gasteiger partial charge in [0.15, 0.2) is 10.8 Å². The number of aliphatic carboxylic acids is 1. The minimum Gasteiger partial charge on any atom is -0.543 e. The van der Waals surface area contributed by atoms with Crippen molar-refractivity contribution in [2.45, 2.75) is 18.3 Å². The third-order valence-corrected chi connectivity index (χ3v) is 8.86. The molecule has 2 aliphatic heterocycles. The molecule has 3 N–H and O–H groups in total. The molecule has 1 fully saturated rings. The molecule has 0 aliphatic carbocycles. The Balaban J connectivity index is 1.52. The van der Waals surface area contributed by atoms with Crippen LogP contribution in [0.25, 0.3) is 0 Å². The smallest absolute Gasteiger partial charge is 0.335 e. The fraction of sp³-hybridized carbons (Fsp3) is 0.400. The number of β-lactam (4-membered cyclic amide) rings is 1. The lowest BCUT2D eigenvalue weighted by Crippen LogP contribution is -2.71. The number of nitrogen functional groups attached to an aromatic ring is 1. The van der Waals surface area contributed by atoms with Crippen LogP contribution in [0.15, 0.2) is 27.2 Å². The number of carbonyl (C=O) groups is 3. The maximum atomic E-state index is 13.0. The molecule has 2 amide bonds. The van der Waals surface area contributed by atoms with Crippen molar-refractivity contribution < 1.29 is 28.9 Å². The summed E-state index contributed by atoms with van der Waals surface area (Å²) in [5, 5.41) is 22.6. The van der Waals surface area contributed by atoms with Gasteiger partial charge >= 0.3 is 5.13 Å². The third kappa shape index (κ3) is 4.58. The van der Waals surface area contributed by atoms with E-state index in [2.05, 4.69) is 15.5 Å². The van der Waals surface area contributed by atoms with E-state index in [4.69, 9.17) is 10.6 Å². The van der Waals surface area contributed by atoms with Crippen molar-refractivity contribution in [1.82, 2.24) is 15.2 Å². The summed E-state index contributed by atoms with van der Waals surface area (Å²) in [6, 6.07) is -0.933. The zero-order valence-electron chi connectivity index (χ0n) is 19.3. The number of hydrogen-bond donors (Lipinski definition) is 2. The van der Waals surface area contributed by atoms with E-state index in [1.807, 2.05) is 35.9 Å². The maximum Gasteiger partial charge on any atom is 0.335 e. The fourth-order valence-electron chi connectivity index (χ4n) is 3.84. The van der Waals surface area contributed by atoms with Crippen LogP contribution in [0, 0.1) is 6.92 Å². The van der Waals surface area contributed by atoms with Gasteiger partial charge < -0.3 is 25.8 Å². The molecule has 35 heavy (non-hydrogen) atoms. The van der Waals surface area contributed by atoms with E-state index in [1.165, 1.54) is 23.8 Å². The quantitative estimate of drug-likeness (QED) is 0.183. The summed E-state index contributed by atoms with van der Waals surface area (Å²) in [7, 11) is 5.08. The van der Waals surface area contributed by atoms with Crippen molar-refractivity contribution in [1.29, 1.82) is 0 Å². The number of anilines is 2. The van der Waals surface area contributed by atoms with Crippen LogP contribution < -0.4 is 25.6 Å². The first-order chi connectivity index (χ1) is 16.6. The molecular formula is C20H23N7O5S3. The number of nitrogens with zero attached hydrogens (tertiary/aromatic N) is 5. The molecule has 4 heterocycles. The topological polar surface area (TPSA) is 157 Å². The molecule has 4 rings (SSSR count). The van der Waals surface area contributed by atoms with E-state index >= 15 is 0 Å². The number of fused-ring (bicyclic) bond motifs is 1. The average Bonchev–Trinajstić information content (AvgIpc) is 3.39. The number of aryl methyl sites for hydroxylation is 1. The number of oxime groups is 1. The Hall–Kier alpha value is -3.17. The van der Waals surface area contributed by atoms with Crippen LogP contribution in [0.2, 0.25) is 0 Å². The van der Waals surface area contributed by atoms with Gasteiger partial charge in [0.25, 0.3) is 11.8 Å². The number of amides is 2. The Morgan fingerprint density at radius 3 is 2.74 bits per heavy atom. The highest BCUT2D eigenvalue weighted by Crippen LogP contribution is 2.40. The monoisotopic (exact) mass is 537 g/mol. The summed E-state index contributed by atoms with van der Waals surface area (Å²) >= 11 is 4.05. The number of likely N-dealkylation sites (N-methyl/N-ethyl adjacent to an activating group) is 1. The molecule has 2 aromatic heterocycles. The largest absolute Gasteiger partial charge is 0.543 e. The van der Waals surface area contributed by atoms with E-state index in [0.29, 0.717) is 17.9 Å². The van der Waals surface area contributed by atoms with Gasteiger partial charge in [-0.1, -0.05) is 16.5 Å². The molecule has 12 nitrogen and oxygen atoms in total. The van der Waals surface area contributed by atoms with Crippen molar-refractivity contribution in [3.8, 4) is 0 Å². The van der Waals surface area contributed by atoms with Crippen LogP contribution in [0.4, 0.5) is 10.3 Å². The number of hydrogen-bond acceptors (Lipinski definition) is 12. The highest BCUT2D eigenvalue weighted by Gasteiger charge is 2.53. The summed E-state index contributed by atoms with van der Waals surface area (Å²) < 4.78 is 2.01. The average molecular weight is 538 g/mol. The molecule has 2 aliphatic rings. The predicted molar refractivity (Wildman–Crippen MR) is 131 cm³/mol. The van der Waals surface area contributed by atoms with Crippen molar-refractivity contribution in [2.75, 3.05) is 37.1 Å². The zero-order chi connectivity index (χ0) is 25.4. The van der Waals surface area contributed by atoms with E-state index in [1.54, 1.807) is 16.7 Å². The highest BCUT2D eigenvalue weighted by molar-refractivity contribution is 8.00. The predicted octanol–water partition coefficient (Wildman–Crippen LogP) is -1.19. The number of carbonyl (C=O) groups excluding carboxylic acids is 3. The Kier molecular flexibility index (Phi) is 7.00. The van der Waals surface area contributed by atoms with E-state index in [0.717, 1.165) is 22.2 Å². The van der Waals surface area contributed by atoms with Crippen LogP contribution in [0.5, 0.6) is 0 Å². The van der Waals surface area contributed by atoms with Gasteiger partial charge in [-0.2, -0.15) is 0 Å². The van der Waals surface area contributed by atoms with E-state index in [9.17, 15) is 19.5 Å². The summed E-state index contributed by atoms with van der Waals surface area (Å²) in [4.78, 5) is 49.8. The number of aromatic nitrogens is 2. The van der Waals surface area contributed by atoms with Gasteiger partial charge in [0.1, 0.15) is 36.5 Å².